The number of aromatic nitrogens is 1. The minimum Gasteiger partial charge on any atom is -0.497 e. The number of nitriles is 1. The van der Waals surface area contributed by atoms with Crippen LogP contribution in [0.25, 0.3) is 5.00 Å². The molecule has 0 saturated carbocycles. The summed E-state index contributed by atoms with van der Waals surface area (Å²) in [5.74, 6) is 0.870. The summed E-state index contributed by atoms with van der Waals surface area (Å²) in [6, 6.07) is 11.9. The van der Waals surface area contributed by atoms with Gasteiger partial charge < -0.3 is 9.30 Å². The topological polar surface area (TPSA) is 79.4 Å². The van der Waals surface area contributed by atoms with Gasteiger partial charge >= 0.3 is 0 Å². The van der Waals surface area contributed by atoms with Crippen LogP contribution in [0.1, 0.15) is 33.0 Å². The van der Waals surface area contributed by atoms with Gasteiger partial charge in [0.05, 0.1) is 24.6 Å². The van der Waals surface area contributed by atoms with Crippen molar-refractivity contribution in [3.8, 4) is 16.8 Å². The predicted molar refractivity (Wildman–Crippen MR) is 127 cm³/mol. The molecule has 1 N–H and O–H groups in total. The second-order valence-electron chi connectivity index (χ2n) is 6.99. The molecule has 0 atom stereocenters. The summed E-state index contributed by atoms with van der Waals surface area (Å²) in [6.07, 6.45) is 1.65. The summed E-state index contributed by atoms with van der Waals surface area (Å²) in [5.41, 5.74) is 7.19. The van der Waals surface area contributed by atoms with Gasteiger partial charge in [0.2, 0.25) is 5.91 Å². The van der Waals surface area contributed by atoms with Gasteiger partial charge in [0.25, 0.3) is 0 Å². The Morgan fingerprint density at radius 3 is 2.65 bits per heavy atom. The number of hydrogen-bond donors (Lipinski definition) is 1. The number of carbonyl (C=O) groups excluding carboxylic acids is 1. The lowest BCUT2D eigenvalue weighted by Crippen LogP contribution is -2.19. The van der Waals surface area contributed by atoms with E-state index in [0.717, 1.165) is 43.0 Å². The normalized spacial score (nSPS) is 11.0. The Bertz CT molecular complexity index is 1170. The van der Waals surface area contributed by atoms with Gasteiger partial charge in [-0.1, -0.05) is 0 Å². The van der Waals surface area contributed by atoms with Crippen LogP contribution in [0.5, 0.6) is 5.75 Å². The quantitative estimate of drug-likeness (QED) is 0.314. The molecule has 0 aliphatic rings. The van der Waals surface area contributed by atoms with Gasteiger partial charge in [0, 0.05) is 26.7 Å². The maximum Gasteiger partial charge on any atom is 0.250 e. The molecule has 6 nitrogen and oxygen atoms in total. The Kier molecular flexibility index (Phi) is 7.21. The number of hydrazone groups is 1. The van der Waals surface area contributed by atoms with Crippen LogP contribution in [0.4, 0.5) is 0 Å². The van der Waals surface area contributed by atoms with E-state index in [1.165, 1.54) is 11.8 Å². The minimum absolute atomic E-state index is 0.179. The molecule has 0 radical (unpaired) electrons. The first-order valence-corrected chi connectivity index (χ1v) is 11.4. The van der Waals surface area contributed by atoms with Crippen molar-refractivity contribution in [2.24, 2.45) is 5.10 Å². The summed E-state index contributed by atoms with van der Waals surface area (Å²) in [7, 11) is 1.62. The fourth-order valence-corrected chi connectivity index (χ4v) is 5.06. The van der Waals surface area contributed by atoms with Crippen LogP contribution in [0.3, 0.4) is 0 Å². The van der Waals surface area contributed by atoms with E-state index >= 15 is 0 Å². The molecule has 2 heterocycles. The predicted octanol–water partition coefficient (Wildman–Crippen LogP) is 4.90. The first kappa shape index (κ1) is 22.7. The number of methoxy groups -OCH3 is 1. The van der Waals surface area contributed by atoms with E-state index in [1.54, 1.807) is 24.7 Å². The first-order valence-electron chi connectivity index (χ1n) is 9.63. The third-order valence-electron chi connectivity index (χ3n) is 4.97. The van der Waals surface area contributed by atoms with E-state index in [-0.39, 0.29) is 11.7 Å². The van der Waals surface area contributed by atoms with Crippen LogP contribution < -0.4 is 10.2 Å². The van der Waals surface area contributed by atoms with Crippen LogP contribution in [0.2, 0.25) is 0 Å². The van der Waals surface area contributed by atoms with Crippen LogP contribution >= 0.6 is 23.1 Å². The Balaban J connectivity index is 1.66. The number of rotatable bonds is 7. The Morgan fingerprint density at radius 2 is 2.00 bits per heavy atom. The smallest absolute Gasteiger partial charge is 0.250 e. The summed E-state index contributed by atoms with van der Waals surface area (Å²) >= 11 is 3.05. The van der Waals surface area contributed by atoms with E-state index in [0.29, 0.717) is 5.56 Å². The van der Waals surface area contributed by atoms with Gasteiger partial charge in [0.1, 0.15) is 16.8 Å². The Morgan fingerprint density at radius 1 is 1.29 bits per heavy atom. The van der Waals surface area contributed by atoms with Crippen molar-refractivity contribution in [2.45, 2.75) is 32.6 Å². The van der Waals surface area contributed by atoms with Crippen molar-refractivity contribution in [3.63, 3.8) is 0 Å². The largest absolute Gasteiger partial charge is 0.497 e. The summed E-state index contributed by atoms with van der Waals surface area (Å²) in [6.45, 7) is 7.99. The van der Waals surface area contributed by atoms with Crippen LogP contribution in [-0.2, 0) is 4.79 Å². The molecule has 3 rings (SSSR count). The summed E-state index contributed by atoms with van der Waals surface area (Å²) < 4.78 is 7.21. The van der Waals surface area contributed by atoms with Gasteiger partial charge in [-0.25, -0.2) is 5.43 Å². The second-order valence-corrected chi connectivity index (χ2v) is 9.25. The molecule has 8 heteroatoms. The van der Waals surface area contributed by atoms with Crippen molar-refractivity contribution < 1.29 is 9.53 Å². The number of nitrogens with one attached hydrogen (secondary N) is 1. The highest BCUT2D eigenvalue weighted by molar-refractivity contribution is 8.00. The summed E-state index contributed by atoms with van der Waals surface area (Å²) in [5, 5.41) is 14.6. The molecular weight excluding hydrogens is 428 g/mol. The van der Waals surface area contributed by atoms with Crippen molar-refractivity contribution in [1.82, 2.24) is 9.99 Å². The number of aryl methyl sites for hydroxylation is 2. The molecule has 1 amide bonds. The number of amides is 1. The molecule has 160 valence electrons. The summed E-state index contributed by atoms with van der Waals surface area (Å²) in [4.78, 5) is 14.2. The third-order valence-corrected chi connectivity index (χ3v) is 7.18. The lowest BCUT2D eigenvalue weighted by molar-refractivity contribution is -0.118. The van der Waals surface area contributed by atoms with Gasteiger partial charge in [-0.05, 0) is 63.6 Å². The number of carbonyl (C=O) groups is 1. The molecule has 0 aliphatic carbocycles. The number of nitrogens with zero attached hydrogens (tertiary/aromatic N) is 3. The first-order chi connectivity index (χ1) is 14.8. The number of thiophene rings is 1. The number of ether oxygens (including phenoxy) is 1. The van der Waals surface area contributed by atoms with Crippen LogP contribution in [0, 0.1) is 39.0 Å². The van der Waals surface area contributed by atoms with Crippen LogP contribution in [0.15, 0.2) is 40.3 Å². The Hall–Kier alpha value is -3.02. The molecule has 2 aromatic heterocycles. The standard InChI is InChI=1S/C23H24N4O2S2/c1-14-10-18(16(3)27(14)23-21(11-24)15(2)17(4)31-23)12-25-26-22(28)13-30-20-8-6-19(29-5)7-9-20/h6-10,12H,13H2,1-5H3,(H,26,28)/b25-12+. The molecule has 0 bridgehead atoms. The van der Waals surface area contributed by atoms with Crippen molar-refractivity contribution in [3.05, 3.63) is 63.3 Å². The zero-order chi connectivity index (χ0) is 22.5. The fraction of sp³-hybridized carbons (Fsp3) is 0.261. The van der Waals surface area contributed by atoms with Gasteiger partial charge in [0.15, 0.2) is 0 Å². The zero-order valence-electron chi connectivity index (χ0n) is 18.1. The number of thioether (sulfide) groups is 1. The van der Waals surface area contributed by atoms with E-state index in [9.17, 15) is 10.1 Å². The molecule has 0 spiro atoms. The SMILES string of the molecule is COc1ccc(SCC(=O)N/N=C/c2cc(C)n(-c3sc(C)c(C)c3C#N)c2C)cc1. The minimum atomic E-state index is -0.179. The zero-order valence-corrected chi connectivity index (χ0v) is 19.8. The maximum atomic E-state index is 12.1. The van der Waals surface area contributed by atoms with Gasteiger partial charge in [-0.15, -0.1) is 23.1 Å². The molecule has 3 aromatic rings. The van der Waals surface area contributed by atoms with Crippen molar-refractivity contribution in [2.75, 3.05) is 12.9 Å². The lowest BCUT2D eigenvalue weighted by atomic mass is 10.2. The van der Waals surface area contributed by atoms with E-state index in [2.05, 4.69) is 21.2 Å². The lowest BCUT2D eigenvalue weighted by Gasteiger charge is -2.07. The molecule has 1 aromatic carbocycles. The number of benzene rings is 1. The fourth-order valence-electron chi connectivity index (χ4n) is 3.16. The average molecular weight is 453 g/mol. The monoisotopic (exact) mass is 452 g/mol. The number of hydrogen-bond acceptors (Lipinski definition) is 6. The third kappa shape index (κ3) is 5.01. The van der Waals surface area contributed by atoms with E-state index in [1.807, 2.05) is 58.0 Å². The van der Waals surface area contributed by atoms with Crippen LogP contribution in [-0.4, -0.2) is 29.6 Å². The van der Waals surface area contributed by atoms with E-state index < -0.39 is 0 Å². The molecule has 0 unspecified atom stereocenters. The highest BCUT2D eigenvalue weighted by atomic mass is 32.2. The Labute approximate surface area is 190 Å². The molecule has 0 aliphatic heterocycles. The molecule has 31 heavy (non-hydrogen) atoms. The maximum absolute atomic E-state index is 12.1. The molecular formula is C23H24N4O2S2. The average Bonchev–Trinajstić information content (AvgIpc) is 3.20. The van der Waals surface area contributed by atoms with Gasteiger partial charge in [-0.2, -0.15) is 10.4 Å². The van der Waals surface area contributed by atoms with E-state index in [4.69, 9.17) is 4.74 Å². The van der Waals surface area contributed by atoms with Gasteiger partial charge in [-0.3, -0.25) is 4.79 Å². The van der Waals surface area contributed by atoms with Crippen molar-refractivity contribution >= 4 is 35.2 Å². The van der Waals surface area contributed by atoms with Crippen molar-refractivity contribution in [1.29, 1.82) is 5.26 Å². The highest BCUT2D eigenvalue weighted by Gasteiger charge is 2.18. The second kappa shape index (κ2) is 9.86. The molecule has 0 saturated heterocycles. The molecule has 0 fully saturated rings. The highest BCUT2D eigenvalue weighted by Crippen LogP contribution is 2.33.